The molecular formula is C33H26ClN3O. The molecule has 0 aliphatic carbocycles. The van der Waals surface area contributed by atoms with Crippen LogP contribution < -0.4 is 0 Å². The van der Waals surface area contributed by atoms with Crippen LogP contribution in [0.4, 0.5) is 0 Å². The first kappa shape index (κ1) is 25.2. The summed E-state index contributed by atoms with van der Waals surface area (Å²) >= 11 is 0. The van der Waals surface area contributed by atoms with Gasteiger partial charge in [-0.2, -0.15) is 5.26 Å². The second kappa shape index (κ2) is 10.9. The lowest BCUT2D eigenvalue weighted by atomic mass is 9.91. The predicted molar refractivity (Wildman–Crippen MR) is 155 cm³/mol. The van der Waals surface area contributed by atoms with E-state index in [1.54, 1.807) is 6.33 Å². The van der Waals surface area contributed by atoms with Gasteiger partial charge in [0.2, 0.25) is 0 Å². The zero-order valence-corrected chi connectivity index (χ0v) is 21.7. The van der Waals surface area contributed by atoms with E-state index >= 15 is 0 Å². The Kier molecular flexibility index (Phi) is 7.24. The van der Waals surface area contributed by atoms with Crippen LogP contribution in [-0.4, -0.2) is 9.55 Å². The SMILES string of the molecule is Cl.Cn1cncc1C(OCc1ccccc1)c1ccc(C#N)c(-c2cccc3cc4ccccc4cc23)c1. The Labute approximate surface area is 228 Å². The maximum atomic E-state index is 10.0. The van der Waals surface area contributed by atoms with Crippen molar-refractivity contribution >= 4 is 34.0 Å². The van der Waals surface area contributed by atoms with E-state index in [0.717, 1.165) is 38.7 Å². The lowest BCUT2D eigenvalue weighted by molar-refractivity contribution is 0.0622. The van der Waals surface area contributed by atoms with E-state index in [2.05, 4.69) is 83.8 Å². The quantitative estimate of drug-likeness (QED) is 0.211. The number of fused-ring (bicyclic) bond motifs is 2. The van der Waals surface area contributed by atoms with Crippen molar-refractivity contribution in [3.63, 3.8) is 0 Å². The van der Waals surface area contributed by atoms with Gasteiger partial charge in [0.05, 0.1) is 36.5 Å². The average Bonchev–Trinajstić information content (AvgIpc) is 3.37. The number of nitriles is 1. The van der Waals surface area contributed by atoms with Crippen LogP contribution in [-0.2, 0) is 18.4 Å². The molecule has 0 N–H and O–H groups in total. The summed E-state index contributed by atoms with van der Waals surface area (Å²) in [5.74, 6) is 0. The van der Waals surface area contributed by atoms with Gasteiger partial charge in [-0.15, -0.1) is 12.4 Å². The number of halogens is 1. The van der Waals surface area contributed by atoms with Gasteiger partial charge in [-0.05, 0) is 62.5 Å². The maximum absolute atomic E-state index is 10.0. The molecule has 0 aliphatic heterocycles. The van der Waals surface area contributed by atoms with Gasteiger partial charge in [-0.25, -0.2) is 4.98 Å². The highest BCUT2D eigenvalue weighted by atomic mass is 35.5. The first-order chi connectivity index (χ1) is 18.2. The Hall–Kier alpha value is -4.43. The minimum Gasteiger partial charge on any atom is -0.363 e. The van der Waals surface area contributed by atoms with Crippen molar-refractivity contribution in [2.75, 3.05) is 0 Å². The summed E-state index contributed by atoms with van der Waals surface area (Å²) in [6, 6.07) is 37.7. The molecular weight excluding hydrogens is 490 g/mol. The molecule has 1 atom stereocenters. The molecule has 186 valence electrons. The Bertz CT molecular complexity index is 1770. The van der Waals surface area contributed by atoms with E-state index in [-0.39, 0.29) is 18.5 Å². The number of nitrogens with zero attached hydrogens (tertiary/aromatic N) is 3. The Morgan fingerprint density at radius 1 is 0.816 bits per heavy atom. The highest BCUT2D eigenvalue weighted by Crippen LogP contribution is 2.36. The third-order valence-corrected chi connectivity index (χ3v) is 6.89. The zero-order valence-electron chi connectivity index (χ0n) is 20.9. The fraction of sp³-hybridized carbons (Fsp3) is 0.0909. The first-order valence-corrected chi connectivity index (χ1v) is 12.3. The number of benzene rings is 5. The highest BCUT2D eigenvalue weighted by Gasteiger charge is 2.21. The van der Waals surface area contributed by atoms with Crippen molar-refractivity contribution in [3.05, 3.63) is 138 Å². The molecule has 5 aromatic carbocycles. The molecule has 0 amide bonds. The molecule has 0 saturated carbocycles. The second-order valence-electron chi connectivity index (χ2n) is 9.25. The fourth-order valence-electron chi connectivity index (χ4n) is 4.97. The van der Waals surface area contributed by atoms with Gasteiger partial charge in [0, 0.05) is 12.6 Å². The largest absolute Gasteiger partial charge is 0.363 e. The Balaban J connectivity index is 0.00000294. The van der Waals surface area contributed by atoms with Gasteiger partial charge >= 0.3 is 0 Å². The number of imidazole rings is 1. The zero-order chi connectivity index (χ0) is 25.2. The Morgan fingerprint density at radius 2 is 1.55 bits per heavy atom. The number of hydrogen-bond acceptors (Lipinski definition) is 3. The number of aryl methyl sites for hydroxylation is 1. The first-order valence-electron chi connectivity index (χ1n) is 12.3. The fourth-order valence-corrected chi connectivity index (χ4v) is 4.97. The van der Waals surface area contributed by atoms with Crippen molar-refractivity contribution in [2.24, 2.45) is 7.05 Å². The molecule has 0 fully saturated rings. The monoisotopic (exact) mass is 515 g/mol. The minimum absolute atomic E-state index is 0. The average molecular weight is 516 g/mol. The van der Waals surface area contributed by atoms with Crippen LogP contribution in [0.1, 0.15) is 28.5 Å². The van der Waals surface area contributed by atoms with E-state index in [9.17, 15) is 5.26 Å². The van der Waals surface area contributed by atoms with Crippen LogP contribution in [0.25, 0.3) is 32.7 Å². The molecule has 0 bridgehead atoms. The van der Waals surface area contributed by atoms with Gasteiger partial charge in [0.1, 0.15) is 6.10 Å². The third kappa shape index (κ3) is 4.78. The van der Waals surface area contributed by atoms with Gasteiger partial charge in [-0.3, -0.25) is 0 Å². The van der Waals surface area contributed by atoms with Crippen molar-refractivity contribution < 1.29 is 4.74 Å². The standard InChI is InChI=1S/C33H25N3O.ClH/c1-36-22-35-20-32(36)33(37-21-23-8-3-2-4-9-23)27-14-15-28(19-34)31(18-27)29-13-7-12-26-16-24-10-5-6-11-25(24)17-30(26)29;/h2-18,20,22,33H,21H2,1H3;1H. The van der Waals surface area contributed by atoms with Gasteiger partial charge in [0.15, 0.2) is 0 Å². The minimum atomic E-state index is -0.338. The summed E-state index contributed by atoms with van der Waals surface area (Å²) in [5, 5.41) is 14.7. The van der Waals surface area contributed by atoms with Crippen LogP contribution in [0.2, 0.25) is 0 Å². The van der Waals surface area contributed by atoms with Crippen molar-refractivity contribution in [1.29, 1.82) is 5.26 Å². The van der Waals surface area contributed by atoms with E-state index in [1.165, 1.54) is 10.8 Å². The van der Waals surface area contributed by atoms with E-state index < -0.39 is 0 Å². The van der Waals surface area contributed by atoms with Gasteiger partial charge in [-0.1, -0.05) is 78.9 Å². The molecule has 6 rings (SSSR count). The third-order valence-electron chi connectivity index (χ3n) is 6.89. The van der Waals surface area contributed by atoms with Crippen LogP contribution in [0.3, 0.4) is 0 Å². The lowest BCUT2D eigenvalue weighted by Gasteiger charge is -2.21. The summed E-state index contributed by atoms with van der Waals surface area (Å²) in [7, 11) is 1.97. The normalized spacial score (nSPS) is 11.7. The molecule has 38 heavy (non-hydrogen) atoms. The molecule has 1 unspecified atom stereocenters. The molecule has 0 aliphatic rings. The van der Waals surface area contributed by atoms with Crippen LogP contribution in [0.15, 0.2) is 116 Å². The lowest BCUT2D eigenvalue weighted by Crippen LogP contribution is -2.11. The number of rotatable bonds is 6. The number of ether oxygens (including phenoxy) is 1. The maximum Gasteiger partial charge on any atom is 0.124 e. The molecule has 0 spiro atoms. The van der Waals surface area contributed by atoms with E-state index in [4.69, 9.17) is 4.74 Å². The van der Waals surface area contributed by atoms with Crippen molar-refractivity contribution in [3.8, 4) is 17.2 Å². The van der Waals surface area contributed by atoms with E-state index in [0.29, 0.717) is 12.2 Å². The molecule has 4 nitrogen and oxygen atoms in total. The summed E-state index contributed by atoms with van der Waals surface area (Å²) < 4.78 is 8.49. The molecule has 5 heteroatoms. The number of aromatic nitrogens is 2. The molecule has 6 aromatic rings. The molecule has 1 aromatic heterocycles. The summed E-state index contributed by atoms with van der Waals surface area (Å²) in [5.41, 5.74) is 5.60. The van der Waals surface area contributed by atoms with Crippen LogP contribution in [0.5, 0.6) is 0 Å². The smallest absolute Gasteiger partial charge is 0.124 e. The van der Waals surface area contributed by atoms with E-state index in [1.807, 2.05) is 48.1 Å². The van der Waals surface area contributed by atoms with Gasteiger partial charge < -0.3 is 9.30 Å². The van der Waals surface area contributed by atoms with Gasteiger partial charge in [0.25, 0.3) is 0 Å². The number of hydrogen-bond donors (Lipinski definition) is 0. The summed E-state index contributed by atoms with van der Waals surface area (Å²) in [4.78, 5) is 4.34. The van der Waals surface area contributed by atoms with Crippen molar-refractivity contribution in [1.82, 2.24) is 9.55 Å². The predicted octanol–water partition coefficient (Wildman–Crippen LogP) is 7.99. The van der Waals surface area contributed by atoms with Crippen LogP contribution >= 0.6 is 12.4 Å². The van der Waals surface area contributed by atoms with Crippen LogP contribution in [0, 0.1) is 11.3 Å². The highest BCUT2D eigenvalue weighted by molar-refractivity contribution is 6.05. The topological polar surface area (TPSA) is 50.8 Å². The summed E-state index contributed by atoms with van der Waals surface area (Å²) in [6.45, 7) is 0.465. The Morgan fingerprint density at radius 3 is 2.29 bits per heavy atom. The molecule has 0 radical (unpaired) electrons. The van der Waals surface area contributed by atoms with Crippen molar-refractivity contribution in [2.45, 2.75) is 12.7 Å². The molecule has 1 heterocycles. The molecule has 0 saturated heterocycles. The second-order valence-corrected chi connectivity index (χ2v) is 9.25. The summed E-state index contributed by atoms with van der Waals surface area (Å²) in [6.07, 6.45) is 3.29.